The quantitative estimate of drug-likeness (QED) is 0.763. The molecule has 1 unspecified atom stereocenters. The fraction of sp³-hybridized carbons (Fsp3) is 0.556. The average molecular weight is 249 g/mol. The normalized spacial score (nSPS) is 13.9. The molecule has 1 aromatic heterocycles. The predicted octanol–water partition coefficient (Wildman–Crippen LogP) is 1.63. The van der Waals surface area contributed by atoms with Crippen molar-refractivity contribution < 1.29 is 8.42 Å². The zero-order valence-corrected chi connectivity index (χ0v) is 10.4. The van der Waals surface area contributed by atoms with E-state index in [0.717, 1.165) is 17.5 Å². The highest BCUT2D eigenvalue weighted by atomic mass is 35.5. The van der Waals surface area contributed by atoms with E-state index < -0.39 is 9.84 Å². The average Bonchev–Trinajstić information content (AvgIpc) is 1.99. The molecule has 0 aromatic carbocycles. The Morgan fingerprint density at radius 3 is 2.53 bits per heavy atom. The van der Waals surface area contributed by atoms with Crippen molar-refractivity contribution in [3.05, 3.63) is 23.3 Å². The summed E-state index contributed by atoms with van der Waals surface area (Å²) in [6, 6.07) is 0. The Kier molecular flexibility index (Phi) is 3.67. The minimum Gasteiger partial charge on any atom is -0.240 e. The summed E-state index contributed by atoms with van der Waals surface area (Å²) in [5.41, 5.74) is 1.56. The van der Waals surface area contributed by atoms with E-state index in [1.165, 1.54) is 0 Å². The first kappa shape index (κ1) is 12.4. The van der Waals surface area contributed by atoms with E-state index in [9.17, 15) is 8.42 Å². The van der Waals surface area contributed by atoms with Gasteiger partial charge in [-0.05, 0) is 13.8 Å². The molecular weight excluding hydrogens is 236 g/mol. The first-order chi connectivity index (χ1) is 6.79. The smallest absolute Gasteiger partial charge is 0.154 e. The number of rotatable bonds is 3. The zero-order valence-electron chi connectivity index (χ0n) is 8.86. The first-order valence-corrected chi connectivity index (χ1v) is 6.93. The van der Waals surface area contributed by atoms with Gasteiger partial charge in [0.05, 0.1) is 5.38 Å². The Balaban J connectivity index is 3.02. The highest BCUT2D eigenvalue weighted by Crippen LogP contribution is 2.20. The summed E-state index contributed by atoms with van der Waals surface area (Å²) < 4.78 is 22.0. The van der Waals surface area contributed by atoms with Crippen LogP contribution in [0.4, 0.5) is 0 Å². The molecule has 0 bridgehead atoms. The van der Waals surface area contributed by atoms with Crippen LogP contribution in [0.25, 0.3) is 0 Å². The molecule has 1 aromatic rings. The van der Waals surface area contributed by atoms with Crippen LogP contribution in [-0.4, -0.2) is 24.6 Å². The Hall–Kier alpha value is -0.680. The van der Waals surface area contributed by atoms with Crippen molar-refractivity contribution in [3.63, 3.8) is 0 Å². The Morgan fingerprint density at radius 2 is 2.13 bits per heavy atom. The van der Waals surface area contributed by atoms with Crippen LogP contribution in [0, 0.1) is 6.92 Å². The molecule has 0 aliphatic heterocycles. The van der Waals surface area contributed by atoms with Crippen molar-refractivity contribution in [2.24, 2.45) is 0 Å². The molecule has 1 atom stereocenters. The third-order valence-electron chi connectivity index (χ3n) is 1.89. The highest BCUT2D eigenvalue weighted by molar-refractivity contribution is 7.89. The van der Waals surface area contributed by atoms with Crippen LogP contribution in [0.3, 0.4) is 0 Å². The Labute approximate surface area is 94.6 Å². The van der Waals surface area contributed by atoms with Gasteiger partial charge in [-0.2, -0.15) is 0 Å². The number of halogens is 1. The molecule has 0 spiro atoms. The van der Waals surface area contributed by atoms with Gasteiger partial charge in [0.25, 0.3) is 0 Å². The molecule has 0 aliphatic rings. The van der Waals surface area contributed by atoms with Gasteiger partial charge in [0, 0.05) is 23.7 Å². The third-order valence-corrected chi connectivity index (χ3v) is 2.90. The standard InChI is InChI=1S/C9H13ClN2O2S/c1-6(10)8-4-11-9(12-7(8)2)5-15(3,13)14/h4,6H,5H2,1-3H3. The molecule has 1 heterocycles. The van der Waals surface area contributed by atoms with Crippen LogP contribution in [0.15, 0.2) is 6.20 Å². The summed E-state index contributed by atoms with van der Waals surface area (Å²) >= 11 is 5.90. The predicted molar refractivity (Wildman–Crippen MR) is 59.6 cm³/mol. The molecule has 15 heavy (non-hydrogen) atoms. The number of aromatic nitrogens is 2. The van der Waals surface area contributed by atoms with E-state index in [0.29, 0.717) is 5.82 Å². The maximum Gasteiger partial charge on any atom is 0.154 e. The number of hydrogen-bond acceptors (Lipinski definition) is 4. The maximum atomic E-state index is 11.0. The summed E-state index contributed by atoms with van der Waals surface area (Å²) in [6.45, 7) is 3.62. The van der Waals surface area contributed by atoms with Crippen LogP contribution >= 0.6 is 11.6 Å². The van der Waals surface area contributed by atoms with E-state index in [1.54, 1.807) is 13.1 Å². The monoisotopic (exact) mass is 248 g/mol. The van der Waals surface area contributed by atoms with Gasteiger partial charge in [-0.25, -0.2) is 18.4 Å². The van der Waals surface area contributed by atoms with Crippen LogP contribution < -0.4 is 0 Å². The van der Waals surface area contributed by atoms with Crippen LogP contribution in [-0.2, 0) is 15.6 Å². The number of sulfone groups is 1. The second-order valence-corrected chi connectivity index (χ2v) is 6.31. The summed E-state index contributed by atoms with van der Waals surface area (Å²) in [5, 5.41) is -0.169. The first-order valence-electron chi connectivity index (χ1n) is 4.44. The fourth-order valence-corrected chi connectivity index (χ4v) is 2.04. The van der Waals surface area contributed by atoms with Crippen LogP contribution in [0.2, 0.25) is 0 Å². The minimum absolute atomic E-state index is 0.134. The van der Waals surface area contributed by atoms with Gasteiger partial charge in [0.1, 0.15) is 11.6 Å². The molecule has 1 rings (SSSR count). The minimum atomic E-state index is -3.09. The van der Waals surface area contributed by atoms with Gasteiger partial charge in [0.15, 0.2) is 9.84 Å². The second kappa shape index (κ2) is 4.45. The number of alkyl halides is 1. The molecule has 0 N–H and O–H groups in total. The third kappa shape index (κ3) is 3.76. The Morgan fingerprint density at radius 1 is 1.53 bits per heavy atom. The van der Waals surface area contributed by atoms with E-state index in [1.807, 2.05) is 6.92 Å². The largest absolute Gasteiger partial charge is 0.240 e. The second-order valence-electron chi connectivity index (χ2n) is 3.51. The zero-order chi connectivity index (χ0) is 11.6. The summed E-state index contributed by atoms with van der Waals surface area (Å²) in [4.78, 5) is 8.08. The van der Waals surface area contributed by atoms with E-state index in [4.69, 9.17) is 11.6 Å². The molecule has 0 saturated heterocycles. The number of nitrogens with zero attached hydrogens (tertiary/aromatic N) is 2. The molecule has 0 fully saturated rings. The van der Waals surface area contributed by atoms with Gasteiger partial charge in [-0.1, -0.05) is 0 Å². The van der Waals surface area contributed by atoms with Crippen molar-refractivity contribution in [3.8, 4) is 0 Å². The fourth-order valence-electron chi connectivity index (χ4n) is 1.22. The lowest BCUT2D eigenvalue weighted by atomic mass is 10.2. The number of hydrogen-bond donors (Lipinski definition) is 0. The molecule has 0 amide bonds. The van der Waals surface area contributed by atoms with Crippen LogP contribution in [0.5, 0.6) is 0 Å². The molecule has 4 nitrogen and oxygen atoms in total. The number of aryl methyl sites for hydroxylation is 1. The van der Waals surface area contributed by atoms with Crippen molar-refractivity contribution in [2.75, 3.05) is 6.26 Å². The van der Waals surface area contributed by atoms with Crippen LogP contribution in [0.1, 0.15) is 29.4 Å². The lowest BCUT2D eigenvalue weighted by Crippen LogP contribution is -2.07. The molecule has 0 saturated carbocycles. The summed E-state index contributed by atoms with van der Waals surface area (Å²) in [5.74, 6) is 0.182. The molecule has 6 heteroatoms. The van der Waals surface area contributed by atoms with E-state index >= 15 is 0 Å². The lowest BCUT2D eigenvalue weighted by Gasteiger charge is -2.07. The van der Waals surface area contributed by atoms with Crippen molar-refractivity contribution in [2.45, 2.75) is 25.0 Å². The molecule has 0 aliphatic carbocycles. The van der Waals surface area contributed by atoms with E-state index in [2.05, 4.69) is 9.97 Å². The topological polar surface area (TPSA) is 59.9 Å². The molecule has 84 valence electrons. The summed E-state index contributed by atoms with van der Waals surface area (Å²) in [6.07, 6.45) is 2.74. The van der Waals surface area contributed by atoms with Gasteiger partial charge in [0.2, 0.25) is 0 Å². The van der Waals surface area contributed by atoms with Gasteiger partial charge in [-0.3, -0.25) is 0 Å². The molecule has 0 radical (unpaired) electrons. The van der Waals surface area contributed by atoms with Crippen molar-refractivity contribution >= 4 is 21.4 Å². The SMILES string of the molecule is Cc1nc(CS(C)(=O)=O)ncc1C(C)Cl. The Bertz CT molecular complexity index is 457. The highest BCUT2D eigenvalue weighted by Gasteiger charge is 2.11. The van der Waals surface area contributed by atoms with Gasteiger partial charge >= 0.3 is 0 Å². The van der Waals surface area contributed by atoms with Crippen molar-refractivity contribution in [1.82, 2.24) is 9.97 Å². The van der Waals surface area contributed by atoms with Gasteiger partial charge in [-0.15, -0.1) is 11.6 Å². The van der Waals surface area contributed by atoms with Crippen molar-refractivity contribution in [1.29, 1.82) is 0 Å². The van der Waals surface area contributed by atoms with E-state index in [-0.39, 0.29) is 11.1 Å². The summed E-state index contributed by atoms with van der Waals surface area (Å²) in [7, 11) is -3.09. The maximum absolute atomic E-state index is 11.0. The lowest BCUT2D eigenvalue weighted by molar-refractivity contribution is 0.599. The molecular formula is C9H13ClN2O2S. The van der Waals surface area contributed by atoms with Gasteiger partial charge < -0.3 is 0 Å².